The van der Waals surface area contributed by atoms with E-state index in [1.54, 1.807) is 6.21 Å². The molecule has 0 spiro atoms. The van der Waals surface area contributed by atoms with Crippen LogP contribution in [0.4, 0.5) is 0 Å². The minimum atomic E-state index is -0.110. The predicted molar refractivity (Wildman–Crippen MR) is 64.4 cm³/mol. The van der Waals surface area contributed by atoms with Gasteiger partial charge in [0, 0.05) is 11.2 Å². The lowest BCUT2D eigenvalue weighted by atomic mass is 10.1. The maximum absolute atomic E-state index is 11.6. The van der Waals surface area contributed by atoms with Crippen molar-refractivity contribution in [1.29, 1.82) is 0 Å². The fraction of sp³-hybridized carbons (Fsp3) is 0.333. The summed E-state index contributed by atoms with van der Waals surface area (Å²) in [6, 6.07) is 5.79. The van der Waals surface area contributed by atoms with Crippen molar-refractivity contribution >= 4 is 23.7 Å². The van der Waals surface area contributed by atoms with Crippen LogP contribution in [0, 0.1) is 12.8 Å². The van der Waals surface area contributed by atoms with E-state index >= 15 is 0 Å². The van der Waals surface area contributed by atoms with Crippen LogP contribution in [0.1, 0.15) is 18.1 Å². The molecule has 1 amide bonds. The summed E-state index contributed by atoms with van der Waals surface area (Å²) in [7, 11) is 0. The van der Waals surface area contributed by atoms with Gasteiger partial charge >= 0.3 is 0 Å². The third-order valence-electron chi connectivity index (χ3n) is 2.64. The van der Waals surface area contributed by atoms with Crippen LogP contribution in [0.2, 0.25) is 5.02 Å². The van der Waals surface area contributed by atoms with Gasteiger partial charge in [0.1, 0.15) is 0 Å². The third kappa shape index (κ3) is 2.09. The Labute approximate surface area is 99.7 Å². The summed E-state index contributed by atoms with van der Waals surface area (Å²) in [5.41, 5.74) is 2.03. The van der Waals surface area contributed by atoms with E-state index in [9.17, 15) is 4.79 Å². The molecule has 0 aromatic heterocycles. The van der Waals surface area contributed by atoms with E-state index in [4.69, 9.17) is 11.6 Å². The molecule has 0 radical (unpaired) electrons. The zero-order valence-electron chi connectivity index (χ0n) is 9.27. The zero-order valence-corrected chi connectivity index (χ0v) is 10.0. The van der Waals surface area contributed by atoms with Crippen LogP contribution >= 0.6 is 11.6 Å². The van der Waals surface area contributed by atoms with E-state index in [2.05, 4.69) is 5.10 Å². The van der Waals surface area contributed by atoms with Crippen molar-refractivity contribution in [3.8, 4) is 0 Å². The number of amides is 1. The lowest BCUT2D eigenvalue weighted by Gasteiger charge is -2.13. The highest BCUT2D eigenvalue weighted by Gasteiger charge is 2.24. The summed E-state index contributed by atoms with van der Waals surface area (Å²) in [6.07, 6.45) is 1.66. The standard InChI is InChI=1S/C12H13ClN2O/c1-8-3-4-10(5-11(8)13)7-15-12(16)9(2)6-14-15/h3-6,9H,7H2,1-2H3. The topological polar surface area (TPSA) is 32.7 Å². The summed E-state index contributed by atoms with van der Waals surface area (Å²) in [6.45, 7) is 4.28. The van der Waals surface area contributed by atoms with Crippen LogP contribution in [0.5, 0.6) is 0 Å². The zero-order chi connectivity index (χ0) is 11.7. The van der Waals surface area contributed by atoms with Crippen LogP contribution in [0.15, 0.2) is 23.3 Å². The summed E-state index contributed by atoms with van der Waals surface area (Å²) >= 11 is 6.02. The Morgan fingerprint density at radius 1 is 1.50 bits per heavy atom. The van der Waals surface area contributed by atoms with E-state index in [0.717, 1.165) is 16.1 Å². The molecule has 1 aliphatic rings. The largest absolute Gasteiger partial charge is 0.272 e. The number of halogens is 1. The molecule has 0 N–H and O–H groups in total. The molecule has 1 aromatic rings. The van der Waals surface area contributed by atoms with Gasteiger partial charge in [-0.25, -0.2) is 5.01 Å². The molecule has 0 fully saturated rings. The second-order valence-corrected chi connectivity index (χ2v) is 4.44. The van der Waals surface area contributed by atoms with E-state index in [-0.39, 0.29) is 11.8 Å². The summed E-state index contributed by atoms with van der Waals surface area (Å²) in [5, 5.41) is 6.26. The molecule has 2 rings (SSSR count). The van der Waals surface area contributed by atoms with Gasteiger partial charge in [0.25, 0.3) is 5.91 Å². The summed E-state index contributed by atoms with van der Waals surface area (Å²) in [5.74, 6) is -0.0717. The summed E-state index contributed by atoms with van der Waals surface area (Å²) in [4.78, 5) is 11.6. The molecule has 3 nitrogen and oxygen atoms in total. The maximum atomic E-state index is 11.6. The van der Waals surface area contributed by atoms with Crippen LogP contribution < -0.4 is 0 Å². The normalized spacial score (nSPS) is 19.6. The second kappa shape index (κ2) is 4.26. The number of nitrogens with zero attached hydrogens (tertiary/aromatic N) is 2. The molecule has 1 atom stereocenters. The van der Waals surface area contributed by atoms with Gasteiger partial charge in [-0.15, -0.1) is 0 Å². The smallest absolute Gasteiger partial charge is 0.251 e. The molecular formula is C12H13ClN2O. The highest BCUT2D eigenvalue weighted by atomic mass is 35.5. The minimum absolute atomic E-state index is 0.0386. The molecule has 0 bridgehead atoms. The van der Waals surface area contributed by atoms with Crippen LogP contribution in [-0.2, 0) is 11.3 Å². The molecule has 84 valence electrons. The Kier molecular flexibility index (Phi) is 2.97. The van der Waals surface area contributed by atoms with Gasteiger partial charge in [0.2, 0.25) is 0 Å². The molecule has 0 saturated carbocycles. The Bertz CT molecular complexity index is 456. The number of hydrogen-bond acceptors (Lipinski definition) is 2. The number of hydrogen-bond donors (Lipinski definition) is 0. The first-order chi connectivity index (χ1) is 7.58. The molecule has 1 aromatic carbocycles. The van der Waals surface area contributed by atoms with Crippen molar-refractivity contribution in [2.45, 2.75) is 20.4 Å². The molecule has 1 heterocycles. The molecule has 1 aliphatic heterocycles. The molecule has 4 heteroatoms. The van der Waals surface area contributed by atoms with E-state index < -0.39 is 0 Å². The summed E-state index contributed by atoms with van der Waals surface area (Å²) < 4.78 is 0. The lowest BCUT2D eigenvalue weighted by molar-refractivity contribution is -0.131. The predicted octanol–water partition coefficient (Wildman–Crippen LogP) is 2.61. The van der Waals surface area contributed by atoms with Gasteiger partial charge in [0.15, 0.2) is 0 Å². The van der Waals surface area contributed by atoms with Crippen molar-refractivity contribution < 1.29 is 4.79 Å². The van der Waals surface area contributed by atoms with Gasteiger partial charge < -0.3 is 0 Å². The first-order valence-electron chi connectivity index (χ1n) is 5.18. The number of rotatable bonds is 2. The van der Waals surface area contributed by atoms with Crippen molar-refractivity contribution in [3.63, 3.8) is 0 Å². The number of benzene rings is 1. The molecular weight excluding hydrogens is 224 g/mol. The first-order valence-corrected chi connectivity index (χ1v) is 5.56. The molecule has 16 heavy (non-hydrogen) atoms. The van der Waals surface area contributed by atoms with Crippen molar-refractivity contribution in [1.82, 2.24) is 5.01 Å². The highest BCUT2D eigenvalue weighted by molar-refractivity contribution is 6.31. The minimum Gasteiger partial charge on any atom is -0.272 e. The van der Waals surface area contributed by atoms with Crippen molar-refractivity contribution in [3.05, 3.63) is 34.3 Å². The first kappa shape index (κ1) is 11.1. The Morgan fingerprint density at radius 2 is 2.25 bits per heavy atom. The van der Waals surface area contributed by atoms with Crippen molar-refractivity contribution in [2.75, 3.05) is 0 Å². The van der Waals surface area contributed by atoms with Gasteiger partial charge in [-0.3, -0.25) is 4.79 Å². The van der Waals surface area contributed by atoms with E-state index in [0.29, 0.717) is 6.54 Å². The average Bonchev–Trinajstić information content (AvgIpc) is 2.55. The van der Waals surface area contributed by atoms with Crippen LogP contribution in [0.25, 0.3) is 0 Å². The SMILES string of the molecule is Cc1ccc(CN2N=CC(C)C2=O)cc1Cl. The molecule has 0 aliphatic carbocycles. The molecule has 1 unspecified atom stereocenters. The highest BCUT2D eigenvalue weighted by Crippen LogP contribution is 2.19. The fourth-order valence-corrected chi connectivity index (χ4v) is 1.77. The van der Waals surface area contributed by atoms with Crippen LogP contribution in [0.3, 0.4) is 0 Å². The van der Waals surface area contributed by atoms with Crippen LogP contribution in [-0.4, -0.2) is 17.1 Å². The average molecular weight is 237 g/mol. The van der Waals surface area contributed by atoms with E-state index in [1.165, 1.54) is 5.01 Å². The Balaban J connectivity index is 2.13. The number of aryl methyl sites for hydroxylation is 1. The second-order valence-electron chi connectivity index (χ2n) is 4.03. The van der Waals surface area contributed by atoms with Gasteiger partial charge in [-0.05, 0) is 31.0 Å². The Morgan fingerprint density at radius 3 is 2.81 bits per heavy atom. The quantitative estimate of drug-likeness (QED) is 0.777. The molecule has 0 saturated heterocycles. The monoisotopic (exact) mass is 236 g/mol. The number of carbonyl (C=O) groups is 1. The maximum Gasteiger partial charge on any atom is 0.251 e. The van der Waals surface area contributed by atoms with Gasteiger partial charge in [0.05, 0.1) is 12.5 Å². The number of hydrazone groups is 1. The van der Waals surface area contributed by atoms with Crippen molar-refractivity contribution in [2.24, 2.45) is 11.0 Å². The third-order valence-corrected chi connectivity index (χ3v) is 3.05. The fourth-order valence-electron chi connectivity index (χ4n) is 1.56. The number of carbonyl (C=O) groups excluding carboxylic acids is 1. The van der Waals surface area contributed by atoms with Gasteiger partial charge in [-0.1, -0.05) is 23.7 Å². The van der Waals surface area contributed by atoms with Gasteiger partial charge in [-0.2, -0.15) is 5.10 Å². The lowest BCUT2D eigenvalue weighted by Crippen LogP contribution is -2.24. The van der Waals surface area contributed by atoms with E-state index in [1.807, 2.05) is 32.0 Å². The Hall–Kier alpha value is -1.35.